The summed E-state index contributed by atoms with van der Waals surface area (Å²) in [5, 5.41) is 13.6. The van der Waals surface area contributed by atoms with Crippen molar-refractivity contribution >= 4 is 11.3 Å². The molecule has 1 aromatic heterocycles. The van der Waals surface area contributed by atoms with Gasteiger partial charge >= 0.3 is 0 Å². The number of aryl methyl sites for hydroxylation is 2. The van der Waals surface area contributed by atoms with Gasteiger partial charge in [0.25, 0.3) is 0 Å². The first kappa shape index (κ1) is 11.0. The summed E-state index contributed by atoms with van der Waals surface area (Å²) in [6.07, 6.45) is 3.33. The first-order valence-electron chi connectivity index (χ1n) is 5.56. The van der Waals surface area contributed by atoms with Crippen LogP contribution in [-0.2, 0) is 12.8 Å². The molecule has 2 rings (SSSR count). The van der Waals surface area contributed by atoms with Crippen molar-refractivity contribution in [3.8, 4) is 0 Å². The first-order valence-corrected chi connectivity index (χ1v) is 6.38. The minimum Gasteiger partial charge on any atom is -0.392 e. The second-order valence-electron chi connectivity index (χ2n) is 4.25. The van der Waals surface area contributed by atoms with Gasteiger partial charge in [-0.25, -0.2) is 4.98 Å². The fourth-order valence-electron chi connectivity index (χ4n) is 1.83. The number of hydrogen-bond acceptors (Lipinski definition) is 4. The summed E-state index contributed by atoms with van der Waals surface area (Å²) in [6, 6.07) is 0.259. The Kier molecular flexibility index (Phi) is 3.38. The number of fused-ring (bicyclic) bond motifs is 1. The molecule has 0 fully saturated rings. The van der Waals surface area contributed by atoms with Crippen LogP contribution in [0.4, 0.5) is 0 Å². The van der Waals surface area contributed by atoms with Crippen molar-refractivity contribution in [2.75, 3.05) is 6.54 Å². The standard InChI is InChI=1S/C11H18N2OS/c1-7(14)6-12-8(2)11-13-9-4-3-5-10(9)15-11/h7-8,12,14H,3-6H2,1-2H3. The molecule has 2 N–H and O–H groups in total. The van der Waals surface area contributed by atoms with E-state index in [1.807, 2.05) is 11.3 Å². The van der Waals surface area contributed by atoms with E-state index in [1.165, 1.54) is 28.4 Å². The van der Waals surface area contributed by atoms with Crippen LogP contribution in [0, 0.1) is 0 Å². The molecule has 1 aliphatic carbocycles. The van der Waals surface area contributed by atoms with Gasteiger partial charge in [0.2, 0.25) is 0 Å². The molecule has 0 radical (unpaired) electrons. The molecule has 1 aromatic rings. The van der Waals surface area contributed by atoms with Gasteiger partial charge in [0.05, 0.1) is 17.8 Å². The quantitative estimate of drug-likeness (QED) is 0.821. The number of aliphatic hydroxyl groups is 1. The van der Waals surface area contributed by atoms with Gasteiger partial charge in [0, 0.05) is 11.4 Å². The predicted octanol–water partition coefficient (Wildman–Crippen LogP) is 1.66. The predicted molar refractivity (Wildman–Crippen MR) is 62.2 cm³/mol. The molecule has 0 aromatic carbocycles. The van der Waals surface area contributed by atoms with Crippen molar-refractivity contribution < 1.29 is 5.11 Å². The average molecular weight is 226 g/mol. The third-order valence-electron chi connectivity index (χ3n) is 2.70. The van der Waals surface area contributed by atoms with Crippen LogP contribution in [0.25, 0.3) is 0 Å². The topological polar surface area (TPSA) is 45.1 Å². The van der Waals surface area contributed by atoms with Crippen LogP contribution in [0.15, 0.2) is 0 Å². The maximum atomic E-state index is 9.19. The Morgan fingerprint density at radius 3 is 2.93 bits per heavy atom. The van der Waals surface area contributed by atoms with Crippen LogP contribution in [0.2, 0.25) is 0 Å². The summed E-state index contributed by atoms with van der Waals surface area (Å²) in [5.74, 6) is 0. The third kappa shape index (κ3) is 2.56. The smallest absolute Gasteiger partial charge is 0.110 e. The Labute approximate surface area is 94.5 Å². The molecule has 2 unspecified atom stereocenters. The van der Waals surface area contributed by atoms with E-state index in [0.29, 0.717) is 6.54 Å². The Bertz CT molecular complexity index is 314. The summed E-state index contributed by atoms with van der Waals surface area (Å²) < 4.78 is 0. The maximum Gasteiger partial charge on any atom is 0.110 e. The lowest BCUT2D eigenvalue weighted by Gasteiger charge is -2.12. The number of nitrogens with one attached hydrogen (secondary N) is 1. The zero-order valence-electron chi connectivity index (χ0n) is 9.29. The lowest BCUT2D eigenvalue weighted by Crippen LogP contribution is -2.27. The highest BCUT2D eigenvalue weighted by Crippen LogP contribution is 2.30. The highest BCUT2D eigenvalue weighted by Gasteiger charge is 2.19. The fourth-order valence-corrected chi connectivity index (χ4v) is 3.01. The van der Waals surface area contributed by atoms with E-state index in [-0.39, 0.29) is 12.1 Å². The second kappa shape index (κ2) is 4.60. The van der Waals surface area contributed by atoms with Crippen molar-refractivity contribution in [1.29, 1.82) is 0 Å². The largest absolute Gasteiger partial charge is 0.392 e. The second-order valence-corrected chi connectivity index (χ2v) is 5.37. The van der Waals surface area contributed by atoms with Gasteiger partial charge < -0.3 is 10.4 Å². The Morgan fingerprint density at radius 2 is 2.27 bits per heavy atom. The van der Waals surface area contributed by atoms with Crippen LogP contribution in [-0.4, -0.2) is 22.7 Å². The number of aliphatic hydroxyl groups excluding tert-OH is 1. The van der Waals surface area contributed by atoms with E-state index in [0.717, 1.165) is 6.42 Å². The molecule has 0 saturated heterocycles. The summed E-state index contributed by atoms with van der Waals surface area (Å²) in [5.41, 5.74) is 1.31. The van der Waals surface area contributed by atoms with Gasteiger partial charge in [-0.05, 0) is 33.1 Å². The molecule has 1 aliphatic rings. The molecule has 1 heterocycles. The van der Waals surface area contributed by atoms with E-state index >= 15 is 0 Å². The van der Waals surface area contributed by atoms with Crippen molar-refractivity contribution in [2.45, 2.75) is 45.3 Å². The summed E-state index contributed by atoms with van der Waals surface area (Å²) in [6.45, 7) is 4.53. The van der Waals surface area contributed by atoms with E-state index in [2.05, 4.69) is 17.2 Å². The molecule has 0 aliphatic heterocycles. The minimum atomic E-state index is -0.292. The van der Waals surface area contributed by atoms with Crippen molar-refractivity contribution in [1.82, 2.24) is 10.3 Å². The molecule has 0 saturated carbocycles. The van der Waals surface area contributed by atoms with E-state index < -0.39 is 0 Å². The number of hydrogen-bond donors (Lipinski definition) is 2. The molecule has 4 heteroatoms. The van der Waals surface area contributed by atoms with Gasteiger partial charge in [-0.15, -0.1) is 11.3 Å². The van der Waals surface area contributed by atoms with Crippen LogP contribution < -0.4 is 5.32 Å². The van der Waals surface area contributed by atoms with E-state index in [1.54, 1.807) is 6.92 Å². The third-order valence-corrected chi connectivity index (χ3v) is 4.04. The molecule has 15 heavy (non-hydrogen) atoms. The van der Waals surface area contributed by atoms with Crippen molar-refractivity contribution in [3.63, 3.8) is 0 Å². The van der Waals surface area contributed by atoms with Crippen LogP contribution in [0.5, 0.6) is 0 Å². The molecular formula is C11H18N2OS. The van der Waals surface area contributed by atoms with Crippen LogP contribution >= 0.6 is 11.3 Å². The first-order chi connectivity index (χ1) is 7.16. The molecular weight excluding hydrogens is 208 g/mol. The summed E-state index contributed by atoms with van der Waals surface area (Å²) >= 11 is 1.83. The number of nitrogens with zero attached hydrogens (tertiary/aromatic N) is 1. The Hall–Kier alpha value is -0.450. The number of aromatic nitrogens is 1. The Balaban J connectivity index is 1.97. The molecule has 2 atom stereocenters. The number of thiazole rings is 1. The van der Waals surface area contributed by atoms with Crippen LogP contribution in [0.3, 0.4) is 0 Å². The normalized spacial score (nSPS) is 18.9. The van der Waals surface area contributed by atoms with E-state index in [9.17, 15) is 5.11 Å². The molecule has 0 spiro atoms. The molecule has 0 amide bonds. The average Bonchev–Trinajstić information content (AvgIpc) is 2.72. The zero-order chi connectivity index (χ0) is 10.8. The minimum absolute atomic E-state index is 0.259. The van der Waals surface area contributed by atoms with Gasteiger partial charge in [0.15, 0.2) is 0 Å². The zero-order valence-corrected chi connectivity index (χ0v) is 10.1. The monoisotopic (exact) mass is 226 g/mol. The summed E-state index contributed by atoms with van der Waals surface area (Å²) in [7, 11) is 0. The van der Waals surface area contributed by atoms with Gasteiger partial charge in [0.1, 0.15) is 5.01 Å². The van der Waals surface area contributed by atoms with Gasteiger partial charge in [-0.3, -0.25) is 0 Å². The molecule has 84 valence electrons. The molecule has 0 bridgehead atoms. The highest BCUT2D eigenvalue weighted by atomic mass is 32.1. The number of rotatable bonds is 4. The SMILES string of the molecule is CC(O)CNC(C)c1nc2c(s1)CCC2. The summed E-state index contributed by atoms with van der Waals surface area (Å²) in [4.78, 5) is 6.11. The lowest BCUT2D eigenvalue weighted by molar-refractivity contribution is 0.187. The highest BCUT2D eigenvalue weighted by molar-refractivity contribution is 7.11. The van der Waals surface area contributed by atoms with Gasteiger partial charge in [-0.2, -0.15) is 0 Å². The lowest BCUT2D eigenvalue weighted by atomic mass is 10.3. The van der Waals surface area contributed by atoms with Crippen molar-refractivity contribution in [2.24, 2.45) is 0 Å². The van der Waals surface area contributed by atoms with Crippen LogP contribution in [0.1, 0.15) is 41.9 Å². The Morgan fingerprint density at radius 1 is 1.47 bits per heavy atom. The maximum absolute atomic E-state index is 9.19. The van der Waals surface area contributed by atoms with Gasteiger partial charge in [-0.1, -0.05) is 0 Å². The van der Waals surface area contributed by atoms with Crippen molar-refractivity contribution in [3.05, 3.63) is 15.6 Å². The fraction of sp³-hybridized carbons (Fsp3) is 0.727. The van der Waals surface area contributed by atoms with E-state index in [4.69, 9.17) is 0 Å². The molecule has 3 nitrogen and oxygen atoms in total.